The van der Waals surface area contributed by atoms with E-state index in [1.807, 2.05) is 0 Å². The van der Waals surface area contributed by atoms with Gasteiger partial charge >= 0.3 is 0 Å². The van der Waals surface area contributed by atoms with Crippen molar-refractivity contribution in [3.05, 3.63) is 23.3 Å². The molecule has 1 aromatic rings. The summed E-state index contributed by atoms with van der Waals surface area (Å²) in [5, 5.41) is 9.44. The number of halogens is 1. The van der Waals surface area contributed by atoms with Crippen LogP contribution in [0.25, 0.3) is 0 Å². The van der Waals surface area contributed by atoms with Crippen LogP contribution in [0.4, 0.5) is 5.69 Å². The maximum atomic E-state index is 11.2. The van der Waals surface area contributed by atoms with Gasteiger partial charge in [-0.1, -0.05) is 6.07 Å². The second kappa shape index (κ2) is 3.38. The molecule has 0 amide bonds. The van der Waals surface area contributed by atoms with Gasteiger partial charge in [0.2, 0.25) is 0 Å². The minimum absolute atomic E-state index is 0. The number of phenols is 1. The summed E-state index contributed by atoms with van der Waals surface area (Å²) in [5.74, 6) is -0.0511. The molecule has 0 fully saturated rings. The van der Waals surface area contributed by atoms with Crippen LogP contribution in [0.2, 0.25) is 0 Å². The molecule has 1 aliphatic carbocycles. The van der Waals surface area contributed by atoms with E-state index < -0.39 is 0 Å². The normalized spacial score (nSPS) is 13.7. The maximum absolute atomic E-state index is 11.2. The highest BCUT2D eigenvalue weighted by Gasteiger charge is 2.23. The number of phenolic OH excluding ortho intramolecular Hbond substituents is 1. The molecule has 0 radical (unpaired) electrons. The van der Waals surface area contributed by atoms with Crippen molar-refractivity contribution in [1.29, 1.82) is 0 Å². The van der Waals surface area contributed by atoms with Crippen molar-refractivity contribution in [3.63, 3.8) is 0 Å². The van der Waals surface area contributed by atoms with E-state index in [2.05, 4.69) is 0 Å². The van der Waals surface area contributed by atoms with Crippen molar-refractivity contribution in [1.82, 2.24) is 0 Å². The highest BCUT2D eigenvalue weighted by molar-refractivity contribution is 8.93. The molecule has 1 aromatic carbocycles. The number of carbonyl (C=O) groups excluding carboxylic acids is 1. The first kappa shape index (κ1) is 10.1. The van der Waals surface area contributed by atoms with Crippen LogP contribution in [0, 0.1) is 0 Å². The van der Waals surface area contributed by atoms with E-state index in [0.717, 1.165) is 12.0 Å². The lowest BCUT2D eigenvalue weighted by Crippen LogP contribution is -1.95. The number of nitrogen functional groups attached to an aromatic ring is 1. The Morgan fingerprint density at radius 2 is 2.00 bits per heavy atom. The maximum Gasteiger partial charge on any atom is 0.167 e. The number of benzene rings is 1. The van der Waals surface area contributed by atoms with Gasteiger partial charge in [-0.15, -0.1) is 17.0 Å². The molecule has 0 aliphatic heterocycles. The Morgan fingerprint density at radius 1 is 1.31 bits per heavy atom. The summed E-state index contributed by atoms with van der Waals surface area (Å²) in [4.78, 5) is 11.2. The third-order valence-corrected chi connectivity index (χ3v) is 2.20. The molecule has 3 N–H and O–H groups in total. The number of aryl methyl sites for hydroxylation is 1. The van der Waals surface area contributed by atoms with Crippen molar-refractivity contribution < 1.29 is 9.90 Å². The van der Waals surface area contributed by atoms with Crippen LogP contribution in [0.15, 0.2) is 12.1 Å². The predicted octanol–water partition coefficient (Wildman–Crippen LogP) is 1.68. The molecule has 0 saturated carbocycles. The fraction of sp³-hybridized carbons (Fsp3) is 0.222. The lowest BCUT2D eigenvalue weighted by Gasteiger charge is -2.03. The number of rotatable bonds is 0. The first-order valence-electron chi connectivity index (χ1n) is 3.83. The molecule has 13 heavy (non-hydrogen) atoms. The first-order chi connectivity index (χ1) is 5.70. The molecule has 0 spiro atoms. The summed E-state index contributed by atoms with van der Waals surface area (Å²) >= 11 is 0. The minimum atomic E-state index is -0.0463. The third-order valence-electron chi connectivity index (χ3n) is 2.20. The number of fused-ring (bicyclic) bond motifs is 1. The van der Waals surface area contributed by atoms with Crippen molar-refractivity contribution in [2.45, 2.75) is 12.8 Å². The SMILES string of the molecule is Br.Nc1ccc2c(c1O)C(=O)CC2. The van der Waals surface area contributed by atoms with Gasteiger partial charge in [0.05, 0.1) is 11.3 Å². The smallest absolute Gasteiger partial charge is 0.167 e. The number of hydrogen-bond acceptors (Lipinski definition) is 3. The molecule has 0 atom stereocenters. The number of carbonyl (C=O) groups is 1. The van der Waals surface area contributed by atoms with E-state index in [1.165, 1.54) is 0 Å². The fourth-order valence-electron chi connectivity index (χ4n) is 1.54. The van der Waals surface area contributed by atoms with E-state index in [0.29, 0.717) is 12.0 Å². The Kier molecular flexibility index (Phi) is 2.61. The monoisotopic (exact) mass is 243 g/mol. The summed E-state index contributed by atoms with van der Waals surface area (Å²) < 4.78 is 0. The highest BCUT2D eigenvalue weighted by atomic mass is 79.9. The molecule has 0 bridgehead atoms. The Morgan fingerprint density at radius 3 is 2.69 bits per heavy atom. The largest absolute Gasteiger partial charge is 0.505 e. The lowest BCUT2D eigenvalue weighted by atomic mass is 10.1. The lowest BCUT2D eigenvalue weighted by molar-refractivity contribution is 0.0992. The van der Waals surface area contributed by atoms with Crippen LogP contribution in [-0.4, -0.2) is 10.9 Å². The number of anilines is 1. The molecule has 2 rings (SSSR count). The molecule has 4 heteroatoms. The fourth-order valence-corrected chi connectivity index (χ4v) is 1.54. The Balaban J connectivity index is 0.000000845. The van der Waals surface area contributed by atoms with E-state index in [9.17, 15) is 9.90 Å². The molecule has 3 nitrogen and oxygen atoms in total. The number of hydrogen-bond donors (Lipinski definition) is 2. The van der Waals surface area contributed by atoms with Gasteiger partial charge in [-0.25, -0.2) is 0 Å². The summed E-state index contributed by atoms with van der Waals surface area (Å²) in [7, 11) is 0. The zero-order valence-corrected chi connectivity index (χ0v) is 8.62. The van der Waals surface area contributed by atoms with E-state index in [4.69, 9.17) is 5.73 Å². The van der Waals surface area contributed by atoms with Crippen LogP contribution in [0.3, 0.4) is 0 Å². The Hall–Kier alpha value is -1.03. The van der Waals surface area contributed by atoms with Crippen LogP contribution in [0.5, 0.6) is 5.75 Å². The molecular weight excluding hydrogens is 234 g/mol. The molecule has 0 aromatic heterocycles. The van der Waals surface area contributed by atoms with E-state index >= 15 is 0 Å². The average Bonchev–Trinajstić information content (AvgIpc) is 2.41. The third kappa shape index (κ3) is 1.42. The average molecular weight is 244 g/mol. The molecule has 70 valence electrons. The predicted molar refractivity (Wildman–Crippen MR) is 55.5 cm³/mol. The van der Waals surface area contributed by atoms with Crippen LogP contribution in [-0.2, 0) is 6.42 Å². The van der Waals surface area contributed by atoms with Gasteiger partial charge in [0, 0.05) is 6.42 Å². The molecule has 0 saturated heterocycles. The number of Topliss-reactive ketones (excluding diaryl/α,β-unsaturated/α-hetero) is 1. The minimum Gasteiger partial charge on any atom is -0.505 e. The van der Waals surface area contributed by atoms with Crippen LogP contribution < -0.4 is 5.73 Å². The quantitative estimate of drug-likeness (QED) is 0.539. The molecule has 0 unspecified atom stereocenters. The number of nitrogens with two attached hydrogens (primary N) is 1. The first-order valence-corrected chi connectivity index (χ1v) is 3.83. The molecule has 1 aliphatic rings. The summed E-state index contributed by atoms with van der Waals surface area (Å²) in [6, 6.07) is 3.43. The van der Waals surface area contributed by atoms with Crippen molar-refractivity contribution >= 4 is 28.5 Å². The second-order valence-electron chi connectivity index (χ2n) is 2.96. The van der Waals surface area contributed by atoms with Gasteiger partial charge in [-0.05, 0) is 18.1 Å². The standard InChI is InChI=1S/C9H9NO2.BrH/c10-6-3-1-5-2-4-7(11)8(5)9(6)12;/h1,3,12H,2,4,10H2;1H. The van der Waals surface area contributed by atoms with Crippen molar-refractivity contribution in [3.8, 4) is 5.75 Å². The van der Waals surface area contributed by atoms with Gasteiger partial charge in [0.1, 0.15) is 5.75 Å². The van der Waals surface area contributed by atoms with Crippen LogP contribution >= 0.6 is 17.0 Å². The summed E-state index contributed by atoms with van der Waals surface area (Å²) in [6.45, 7) is 0. The van der Waals surface area contributed by atoms with Gasteiger partial charge in [0.15, 0.2) is 5.78 Å². The molecule has 0 heterocycles. The number of aromatic hydroxyl groups is 1. The zero-order valence-electron chi connectivity index (χ0n) is 6.91. The van der Waals surface area contributed by atoms with Gasteiger partial charge in [-0.3, -0.25) is 4.79 Å². The zero-order chi connectivity index (χ0) is 8.72. The molecular formula is C9H10BrNO2. The van der Waals surface area contributed by atoms with Crippen molar-refractivity contribution in [2.24, 2.45) is 0 Å². The van der Waals surface area contributed by atoms with Crippen LogP contribution in [0.1, 0.15) is 22.3 Å². The Bertz CT molecular complexity index is 363. The van der Waals surface area contributed by atoms with Gasteiger partial charge in [0.25, 0.3) is 0 Å². The van der Waals surface area contributed by atoms with Gasteiger partial charge in [-0.2, -0.15) is 0 Å². The topological polar surface area (TPSA) is 63.3 Å². The summed E-state index contributed by atoms with van der Waals surface area (Å²) in [6.07, 6.45) is 1.22. The summed E-state index contributed by atoms with van der Waals surface area (Å²) in [5.41, 5.74) is 7.07. The number of ketones is 1. The highest BCUT2D eigenvalue weighted by Crippen LogP contribution is 2.33. The van der Waals surface area contributed by atoms with Gasteiger partial charge < -0.3 is 10.8 Å². The Labute approximate surface area is 86.3 Å². The van der Waals surface area contributed by atoms with E-state index in [-0.39, 0.29) is 34.2 Å². The second-order valence-corrected chi connectivity index (χ2v) is 2.96. The van der Waals surface area contributed by atoms with E-state index in [1.54, 1.807) is 12.1 Å². The van der Waals surface area contributed by atoms with Crippen molar-refractivity contribution in [2.75, 3.05) is 5.73 Å².